The molecular formula is C15H14N6O3S. The van der Waals surface area contributed by atoms with E-state index in [1.165, 1.54) is 4.57 Å². The molecule has 25 heavy (non-hydrogen) atoms. The van der Waals surface area contributed by atoms with E-state index < -0.39 is 22.9 Å². The Bertz CT molecular complexity index is 1010. The Morgan fingerprint density at radius 1 is 1.28 bits per heavy atom. The highest BCUT2D eigenvalue weighted by Gasteiger charge is 2.21. The number of carbonyl (C=O) groups is 1. The summed E-state index contributed by atoms with van der Waals surface area (Å²) in [6.07, 6.45) is 1.70. The van der Waals surface area contributed by atoms with E-state index in [1.54, 1.807) is 30.5 Å². The first-order valence-electron chi connectivity index (χ1n) is 7.12. The number of thioether (sulfide) groups is 1. The zero-order valence-corrected chi connectivity index (χ0v) is 14.2. The predicted octanol–water partition coefficient (Wildman–Crippen LogP) is 0.852. The Balaban J connectivity index is 2.16. The summed E-state index contributed by atoms with van der Waals surface area (Å²) in [6.45, 7) is 1.83. The third-order valence-electron chi connectivity index (χ3n) is 3.58. The molecular weight excluding hydrogens is 344 g/mol. The second-order valence-electron chi connectivity index (χ2n) is 5.11. The molecule has 0 spiro atoms. The summed E-state index contributed by atoms with van der Waals surface area (Å²) in [4.78, 5) is 27.9. The summed E-state index contributed by atoms with van der Waals surface area (Å²) in [5.74, 6) is -1.71. The van der Waals surface area contributed by atoms with Crippen molar-refractivity contribution in [3.63, 3.8) is 0 Å². The van der Waals surface area contributed by atoms with Gasteiger partial charge in [-0.25, -0.2) is 0 Å². The van der Waals surface area contributed by atoms with Gasteiger partial charge in [0.15, 0.2) is 10.7 Å². The SMILES string of the molecule is CSc1nc(O)c(C(N)=O)c(=O)n1-c1ccc(-c2n[nH]nc2C)cc1. The number of nitrogens with two attached hydrogens (primary N) is 1. The highest BCUT2D eigenvalue weighted by Crippen LogP contribution is 2.24. The van der Waals surface area contributed by atoms with Crippen molar-refractivity contribution in [1.82, 2.24) is 25.0 Å². The van der Waals surface area contributed by atoms with E-state index in [0.717, 1.165) is 23.0 Å². The van der Waals surface area contributed by atoms with Crippen LogP contribution in [-0.4, -0.2) is 42.2 Å². The second-order valence-corrected chi connectivity index (χ2v) is 5.88. The van der Waals surface area contributed by atoms with Gasteiger partial charge in [0.25, 0.3) is 11.5 Å². The van der Waals surface area contributed by atoms with Gasteiger partial charge in [0.05, 0.1) is 11.4 Å². The smallest absolute Gasteiger partial charge is 0.275 e. The van der Waals surface area contributed by atoms with E-state index in [4.69, 9.17) is 5.73 Å². The van der Waals surface area contributed by atoms with E-state index in [9.17, 15) is 14.7 Å². The van der Waals surface area contributed by atoms with Crippen LogP contribution < -0.4 is 11.3 Å². The van der Waals surface area contributed by atoms with Gasteiger partial charge < -0.3 is 10.8 Å². The quantitative estimate of drug-likeness (QED) is 0.464. The molecule has 1 aromatic carbocycles. The average molecular weight is 358 g/mol. The molecule has 0 bridgehead atoms. The number of aromatic amines is 1. The van der Waals surface area contributed by atoms with Gasteiger partial charge in [-0.05, 0) is 25.3 Å². The van der Waals surface area contributed by atoms with Crippen LogP contribution in [0, 0.1) is 6.92 Å². The van der Waals surface area contributed by atoms with Crippen molar-refractivity contribution >= 4 is 17.7 Å². The minimum atomic E-state index is -1.04. The van der Waals surface area contributed by atoms with Crippen LogP contribution in [0.3, 0.4) is 0 Å². The zero-order chi connectivity index (χ0) is 18.1. The lowest BCUT2D eigenvalue weighted by molar-refractivity contribution is 0.0994. The molecule has 0 atom stereocenters. The zero-order valence-electron chi connectivity index (χ0n) is 13.3. The average Bonchev–Trinajstić information content (AvgIpc) is 3.00. The number of aromatic nitrogens is 5. The van der Waals surface area contributed by atoms with Crippen LogP contribution in [0.4, 0.5) is 0 Å². The molecule has 2 aromatic heterocycles. The van der Waals surface area contributed by atoms with Crippen LogP contribution >= 0.6 is 11.8 Å². The molecule has 10 heteroatoms. The summed E-state index contributed by atoms with van der Waals surface area (Å²) in [6, 6.07) is 6.92. The van der Waals surface area contributed by atoms with Gasteiger partial charge in [0.1, 0.15) is 5.69 Å². The number of aryl methyl sites for hydroxylation is 1. The topological polar surface area (TPSA) is 140 Å². The monoisotopic (exact) mass is 358 g/mol. The van der Waals surface area contributed by atoms with Gasteiger partial charge in [-0.3, -0.25) is 14.2 Å². The molecule has 0 unspecified atom stereocenters. The first-order valence-corrected chi connectivity index (χ1v) is 8.34. The first kappa shape index (κ1) is 16.7. The molecule has 0 fully saturated rings. The Labute approximate surface area is 145 Å². The molecule has 9 nitrogen and oxygen atoms in total. The van der Waals surface area contributed by atoms with Gasteiger partial charge in [-0.15, -0.1) is 0 Å². The fourth-order valence-electron chi connectivity index (χ4n) is 2.40. The van der Waals surface area contributed by atoms with Crippen LogP contribution in [-0.2, 0) is 0 Å². The summed E-state index contributed by atoms with van der Waals surface area (Å²) in [5.41, 5.74) is 6.65. The number of nitrogens with one attached hydrogen (secondary N) is 1. The van der Waals surface area contributed by atoms with E-state index in [1.807, 2.05) is 6.92 Å². The Morgan fingerprint density at radius 2 is 1.96 bits per heavy atom. The summed E-state index contributed by atoms with van der Waals surface area (Å²) < 4.78 is 1.23. The van der Waals surface area contributed by atoms with Gasteiger partial charge in [-0.2, -0.15) is 20.4 Å². The number of rotatable bonds is 4. The minimum absolute atomic E-state index is 0.234. The molecule has 0 saturated carbocycles. The van der Waals surface area contributed by atoms with Crippen molar-refractivity contribution < 1.29 is 9.90 Å². The lowest BCUT2D eigenvalue weighted by Gasteiger charge is -2.12. The fourth-order valence-corrected chi connectivity index (χ4v) is 2.95. The molecule has 0 aliphatic heterocycles. The number of nitrogens with zero attached hydrogens (tertiary/aromatic N) is 4. The second kappa shape index (κ2) is 6.40. The van der Waals surface area contributed by atoms with Crippen molar-refractivity contribution in [3.05, 3.63) is 45.9 Å². The predicted molar refractivity (Wildman–Crippen MR) is 91.9 cm³/mol. The van der Waals surface area contributed by atoms with Gasteiger partial charge in [-0.1, -0.05) is 23.9 Å². The molecule has 1 amide bonds. The fraction of sp³-hybridized carbons (Fsp3) is 0.133. The maximum atomic E-state index is 12.6. The highest BCUT2D eigenvalue weighted by atomic mass is 32.2. The number of benzene rings is 1. The van der Waals surface area contributed by atoms with Crippen molar-refractivity contribution in [2.75, 3.05) is 6.26 Å². The molecule has 4 N–H and O–H groups in total. The molecule has 128 valence electrons. The number of hydrogen-bond donors (Lipinski definition) is 3. The molecule has 2 heterocycles. The van der Waals surface area contributed by atoms with E-state index in [0.29, 0.717) is 11.4 Å². The summed E-state index contributed by atoms with van der Waals surface area (Å²) >= 11 is 1.16. The van der Waals surface area contributed by atoms with E-state index >= 15 is 0 Å². The van der Waals surface area contributed by atoms with Crippen molar-refractivity contribution in [2.45, 2.75) is 12.1 Å². The molecule has 3 rings (SSSR count). The van der Waals surface area contributed by atoms with Crippen LogP contribution in [0.2, 0.25) is 0 Å². The number of carbonyl (C=O) groups excluding carboxylic acids is 1. The summed E-state index contributed by atoms with van der Waals surface area (Å²) in [5, 5.41) is 20.6. The maximum absolute atomic E-state index is 12.6. The number of aromatic hydroxyl groups is 1. The number of H-pyrrole nitrogens is 1. The van der Waals surface area contributed by atoms with Crippen LogP contribution in [0.5, 0.6) is 5.88 Å². The van der Waals surface area contributed by atoms with Crippen LogP contribution in [0.15, 0.2) is 34.2 Å². The van der Waals surface area contributed by atoms with Gasteiger partial charge in [0.2, 0.25) is 5.88 Å². The molecule has 0 radical (unpaired) electrons. The molecule has 0 saturated heterocycles. The molecule has 3 aromatic rings. The maximum Gasteiger partial charge on any atom is 0.275 e. The van der Waals surface area contributed by atoms with Crippen LogP contribution in [0.25, 0.3) is 16.9 Å². The van der Waals surface area contributed by atoms with Crippen molar-refractivity contribution in [1.29, 1.82) is 0 Å². The van der Waals surface area contributed by atoms with Crippen molar-refractivity contribution in [3.8, 4) is 22.8 Å². The third kappa shape index (κ3) is 2.87. The van der Waals surface area contributed by atoms with Crippen LogP contribution in [0.1, 0.15) is 16.1 Å². The lowest BCUT2D eigenvalue weighted by atomic mass is 10.1. The Hall–Kier alpha value is -3.14. The Morgan fingerprint density at radius 3 is 2.48 bits per heavy atom. The van der Waals surface area contributed by atoms with Gasteiger partial charge >= 0.3 is 0 Å². The third-order valence-corrected chi connectivity index (χ3v) is 4.22. The van der Waals surface area contributed by atoms with E-state index in [-0.39, 0.29) is 5.16 Å². The van der Waals surface area contributed by atoms with Gasteiger partial charge in [0, 0.05) is 5.56 Å². The number of hydrogen-bond acceptors (Lipinski definition) is 7. The highest BCUT2D eigenvalue weighted by molar-refractivity contribution is 7.98. The van der Waals surface area contributed by atoms with Crippen molar-refractivity contribution in [2.24, 2.45) is 5.73 Å². The number of amides is 1. The molecule has 0 aliphatic rings. The van der Waals surface area contributed by atoms with E-state index in [2.05, 4.69) is 20.4 Å². The standard InChI is InChI=1S/C15H14N6O3S/c1-7-11(19-20-18-7)8-3-5-9(6-4-8)21-14(24)10(12(16)22)13(23)17-15(21)25-2/h3-6,23H,1-2H3,(H2,16,22)(H,18,19,20). The largest absolute Gasteiger partial charge is 0.493 e. The molecule has 0 aliphatic carbocycles. The summed E-state index contributed by atoms with van der Waals surface area (Å²) in [7, 11) is 0. The normalized spacial score (nSPS) is 10.8. The minimum Gasteiger partial charge on any atom is -0.493 e. The lowest BCUT2D eigenvalue weighted by Crippen LogP contribution is -2.30. The Kier molecular flexibility index (Phi) is 4.28. The first-order chi connectivity index (χ1) is 11.9. The number of primary amides is 1.